The molecule has 0 rings (SSSR count). The van der Waals surface area contributed by atoms with Crippen molar-refractivity contribution in [3.05, 3.63) is 0 Å². The van der Waals surface area contributed by atoms with E-state index < -0.39 is 19.3 Å². The summed E-state index contributed by atoms with van der Waals surface area (Å²) in [5.74, 6) is 0. The SMILES string of the molecule is CC(C)[Te](F)(F)C(C)C. The molecule has 0 heterocycles. The molecule has 0 bridgehead atoms. The van der Waals surface area contributed by atoms with Crippen LogP contribution in [0.5, 0.6) is 0 Å². The molecule has 0 aromatic rings. The molecule has 0 saturated heterocycles. The van der Waals surface area contributed by atoms with E-state index in [9.17, 15) is 5.78 Å². The number of halogens is 2. The summed E-state index contributed by atoms with van der Waals surface area (Å²) in [6.07, 6.45) is 0. The molecular weight excluding hydrogens is 238 g/mol. The molecule has 0 nitrogen and oxygen atoms in total. The molecule has 0 aromatic heterocycles. The van der Waals surface area contributed by atoms with E-state index in [4.69, 9.17) is 0 Å². The van der Waals surface area contributed by atoms with Crippen LogP contribution in [0.25, 0.3) is 0 Å². The van der Waals surface area contributed by atoms with Crippen LogP contribution in [0.15, 0.2) is 0 Å². The number of hydrogen-bond donors (Lipinski definition) is 0. The average molecular weight is 252 g/mol. The first-order valence-corrected chi connectivity index (χ1v) is 7.54. The van der Waals surface area contributed by atoms with Crippen molar-refractivity contribution in [3.63, 3.8) is 0 Å². The van der Waals surface area contributed by atoms with Gasteiger partial charge in [0.2, 0.25) is 0 Å². The Kier molecular flexibility index (Phi) is 3.39. The van der Waals surface area contributed by atoms with E-state index in [1.54, 1.807) is 27.7 Å². The zero-order valence-corrected chi connectivity index (χ0v) is 8.65. The Labute approximate surface area is 61.0 Å². The molecule has 0 aliphatic carbocycles. The summed E-state index contributed by atoms with van der Waals surface area (Å²) in [6, 6.07) is 0. The van der Waals surface area contributed by atoms with Gasteiger partial charge in [-0.2, -0.15) is 0 Å². The van der Waals surface area contributed by atoms with E-state index in [1.165, 1.54) is 0 Å². The summed E-state index contributed by atoms with van der Waals surface area (Å²) >= 11 is -4.36. The van der Waals surface area contributed by atoms with Crippen LogP contribution in [0.2, 0.25) is 7.93 Å². The molecule has 0 atom stereocenters. The van der Waals surface area contributed by atoms with Gasteiger partial charge in [-0.25, -0.2) is 0 Å². The Hall–Kier alpha value is 0.650. The Morgan fingerprint density at radius 2 is 1.11 bits per heavy atom. The second-order valence-corrected chi connectivity index (χ2v) is 11.2. The normalized spacial score (nSPS) is 15.1. The fourth-order valence-electron chi connectivity index (χ4n) is 0.544. The average Bonchev–Trinajstić information content (AvgIpc) is 1.65. The molecule has 0 radical (unpaired) electrons. The van der Waals surface area contributed by atoms with E-state index in [2.05, 4.69) is 0 Å². The Bertz CT molecular complexity index is 79.1. The van der Waals surface area contributed by atoms with Gasteiger partial charge >= 0.3 is 60.7 Å². The van der Waals surface area contributed by atoms with Crippen molar-refractivity contribution in [2.45, 2.75) is 35.6 Å². The quantitative estimate of drug-likeness (QED) is 0.662. The summed E-state index contributed by atoms with van der Waals surface area (Å²) in [6.45, 7) is 6.50. The van der Waals surface area contributed by atoms with E-state index in [0.29, 0.717) is 0 Å². The van der Waals surface area contributed by atoms with Gasteiger partial charge in [-0.1, -0.05) is 0 Å². The molecule has 0 spiro atoms. The molecule has 0 saturated carbocycles. The van der Waals surface area contributed by atoms with Gasteiger partial charge in [0, 0.05) is 0 Å². The molecule has 0 unspecified atom stereocenters. The third-order valence-corrected chi connectivity index (χ3v) is 8.43. The summed E-state index contributed by atoms with van der Waals surface area (Å²) in [4.78, 5) is 0. The van der Waals surface area contributed by atoms with Crippen LogP contribution in [-0.2, 0) is 0 Å². The molecule has 0 aliphatic rings. The van der Waals surface area contributed by atoms with Crippen LogP contribution in [0.1, 0.15) is 27.7 Å². The summed E-state index contributed by atoms with van der Waals surface area (Å²) < 4.78 is 25.0. The van der Waals surface area contributed by atoms with Crippen molar-refractivity contribution >= 4 is 19.3 Å². The van der Waals surface area contributed by atoms with Crippen LogP contribution in [-0.4, -0.2) is 19.3 Å². The second kappa shape index (κ2) is 3.16. The van der Waals surface area contributed by atoms with Crippen LogP contribution < -0.4 is 0 Å². The van der Waals surface area contributed by atoms with E-state index in [1.807, 2.05) is 0 Å². The van der Waals surface area contributed by atoms with Crippen molar-refractivity contribution in [1.82, 2.24) is 0 Å². The van der Waals surface area contributed by atoms with Gasteiger partial charge in [-0.3, -0.25) is 0 Å². The number of hydrogen-bond acceptors (Lipinski definition) is 0. The first kappa shape index (κ1) is 9.65. The third-order valence-electron chi connectivity index (χ3n) is 1.26. The van der Waals surface area contributed by atoms with Gasteiger partial charge in [0.05, 0.1) is 0 Å². The zero-order valence-electron chi connectivity index (χ0n) is 6.32. The zero-order chi connectivity index (χ0) is 7.65. The first-order chi connectivity index (χ1) is 3.89. The van der Waals surface area contributed by atoms with E-state index >= 15 is 0 Å². The second-order valence-electron chi connectivity index (χ2n) is 2.65. The Balaban J connectivity index is 4.01. The Morgan fingerprint density at radius 3 is 1.11 bits per heavy atom. The van der Waals surface area contributed by atoms with Gasteiger partial charge < -0.3 is 0 Å². The summed E-state index contributed by atoms with van der Waals surface area (Å²) in [7, 11) is 0. The van der Waals surface area contributed by atoms with Gasteiger partial charge in [0.1, 0.15) is 0 Å². The fraction of sp³-hybridized carbons (Fsp3) is 1.00. The van der Waals surface area contributed by atoms with Crippen molar-refractivity contribution in [2.75, 3.05) is 0 Å². The predicted octanol–water partition coefficient (Wildman–Crippen LogP) is 3.19. The molecule has 9 heavy (non-hydrogen) atoms. The van der Waals surface area contributed by atoms with Crippen LogP contribution in [0, 0.1) is 0 Å². The minimum absolute atomic E-state index is 0.354. The molecule has 0 fully saturated rings. The number of rotatable bonds is 2. The molecule has 0 aliphatic heterocycles. The van der Waals surface area contributed by atoms with Crippen LogP contribution >= 0.6 is 0 Å². The monoisotopic (exact) mass is 254 g/mol. The van der Waals surface area contributed by atoms with Crippen molar-refractivity contribution in [2.24, 2.45) is 0 Å². The molecule has 0 amide bonds. The van der Waals surface area contributed by atoms with Crippen molar-refractivity contribution in [1.29, 1.82) is 0 Å². The van der Waals surface area contributed by atoms with Gasteiger partial charge in [-0.05, 0) is 0 Å². The molecule has 58 valence electrons. The topological polar surface area (TPSA) is 0 Å². The van der Waals surface area contributed by atoms with E-state index in [0.717, 1.165) is 0 Å². The van der Waals surface area contributed by atoms with Crippen LogP contribution in [0.3, 0.4) is 0 Å². The predicted molar refractivity (Wildman–Crippen MR) is 38.2 cm³/mol. The van der Waals surface area contributed by atoms with Crippen LogP contribution in [0.4, 0.5) is 5.78 Å². The molecule has 0 N–H and O–H groups in total. The first-order valence-electron chi connectivity index (χ1n) is 3.09. The molecular formula is C6H14F2Te. The third kappa shape index (κ3) is 2.39. The maximum atomic E-state index is 12.9. The summed E-state index contributed by atoms with van der Waals surface area (Å²) in [5, 5.41) is 0. The van der Waals surface area contributed by atoms with Crippen molar-refractivity contribution < 1.29 is 5.78 Å². The van der Waals surface area contributed by atoms with Gasteiger partial charge in [0.25, 0.3) is 0 Å². The minimum atomic E-state index is -4.36. The van der Waals surface area contributed by atoms with Gasteiger partial charge in [-0.15, -0.1) is 0 Å². The summed E-state index contributed by atoms with van der Waals surface area (Å²) in [5.41, 5.74) is 0. The fourth-order valence-corrected chi connectivity index (χ4v) is 3.65. The maximum absolute atomic E-state index is 12.9. The van der Waals surface area contributed by atoms with E-state index in [-0.39, 0.29) is 7.93 Å². The standard InChI is InChI=1S/C6H14F2Te/c1-5(2)9(7,8)6(3)4/h5-6H,1-4H3. The Morgan fingerprint density at radius 1 is 0.889 bits per heavy atom. The molecule has 0 aromatic carbocycles. The van der Waals surface area contributed by atoms with Gasteiger partial charge in [0.15, 0.2) is 0 Å². The van der Waals surface area contributed by atoms with Crippen molar-refractivity contribution in [3.8, 4) is 0 Å². The molecule has 3 heteroatoms.